The van der Waals surface area contributed by atoms with E-state index in [0.717, 1.165) is 21.3 Å². The van der Waals surface area contributed by atoms with Crippen LogP contribution in [0.3, 0.4) is 0 Å². The molecular weight excluding hydrogens is 442 g/mol. The highest BCUT2D eigenvalue weighted by Gasteiger charge is 2.67. The Kier molecular flexibility index (Phi) is 4.98. The molecule has 2 heterocycles. The number of para-hydroxylation sites is 1. The Hall–Kier alpha value is -1.98. The fourth-order valence-corrected chi connectivity index (χ4v) is 5.14. The number of carbonyl (C=O) groups excluding carboxylic acids is 2. The fourth-order valence-electron chi connectivity index (χ4n) is 4.88. The van der Waals surface area contributed by atoms with Crippen LogP contribution in [0.4, 0.5) is 5.69 Å². The van der Waals surface area contributed by atoms with Crippen LogP contribution in [-0.2, 0) is 19.7 Å². The number of Topliss-reactive ketones (excluding diaryl/α,β-unsaturated/α-hetero) is 1. The molecule has 2 saturated heterocycles. The van der Waals surface area contributed by atoms with E-state index in [-0.39, 0.29) is 29.6 Å². The van der Waals surface area contributed by atoms with Crippen molar-refractivity contribution in [3.8, 4) is 0 Å². The number of benzene rings is 2. The quantitative estimate of drug-likeness (QED) is 0.527. The number of β-lactam (4-membered cyclic amide) rings is 1. The molecule has 2 atom stereocenters. The summed E-state index contributed by atoms with van der Waals surface area (Å²) in [4.78, 5) is 28.2. The molecule has 0 aromatic heterocycles. The Bertz CT molecular complexity index is 1010. The molecule has 4 rings (SSSR count). The van der Waals surface area contributed by atoms with Crippen LogP contribution in [0.15, 0.2) is 53.0 Å². The maximum Gasteiger partial charge on any atom is 0.262 e. The normalized spacial score (nSPS) is 26.1. The Morgan fingerprint density at radius 2 is 1.63 bits per heavy atom. The summed E-state index contributed by atoms with van der Waals surface area (Å²) in [6.45, 7) is 10.2. The van der Waals surface area contributed by atoms with Gasteiger partial charge in [-0.25, -0.2) is 0 Å². The summed E-state index contributed by atoms with van der Waals surface area (Å²) in [5.74, 6) is -0.0567. The van der Waals surface area contributed by atoms with Crippen molar-refractivity contribution >= 4 is 33.3 Å². The third kappa shape index (κ3) is 3.42. The third-order valence-electron chi connectivity index (χ3n) is 5.98. The Labute approximate surface area is 186 Å². The molecule has 0 aliphatic carbocycles. The van der Waals surface area contributed by atoms with E-state index in [0.29, 0.717) is 6.42 Å². The molecule has 158 valence electrons. The molecule has 0 radical (unpaired) electrons. The number of halogens is 1. The SMILES string of the molecule is CC1(C)CC(=O)C[C@@]2(O1)C(=O)N(c1ccccc1C(C)(C)C)[C@@H]2c1ccc(Br)cc1. The van der Waals surface area contributed by atoms with Crippen LogP contribution in [-0.4, -0.2) is 22.9 Å². The maximum atomic E-state index is 13.7. The first-order valence-electron chi connectivity index (χ1n) is 10.4. The second-order valence-corrected chi connectivity index (χ2v) is 11.0. The molecular formula is C25H28BrNO3. The average Bonchev–Trinajstić information content (AvgIpc) is 2.64. The van der Waals surface area contributed by atoms with Gasteiger partial charge in [-0.2, -0.15) is 0 Å². The molecule has 1 amide bonds. The highest BCUT2D eigenvalue weighted by molar-refractivity contribution is 9.10. The van der Waals surface area contributed by atoms with Crippen molar-refractivity contribution in [1.82, 2.24) is 0 Å². The van der Waals surface area contributed by atoms with Gasteiger partial charge < -0.3 is 4.74 Å². The lowest BCUT2D eigenvalue weighted by molar-refractivity contribution is -0.210. The van der Waals surface area contributed by atoms with Gasteiger partial charge in [0.2, 0.25) is 0 Å². The molecule has 2 aromatic carbocycles. The van der Waals surface area contributed by atoms with Crippen molar-refractivity contribution in [2.75, 3.05) is 4.90 Å². The molecule has 2 aliphatic heterocycles. The van der Waals surface area contributed by atoms with Crippen molar-refractivity contribution < 1.29 is 14.3 Å². The zero-order valence-corrected chi connectivity index (χ0v) is 19.7. The van der Waals surface area contributed by atoms with Crippen LogP contribution in [0.25, 0.3) is 0 Å². The number of ketones is 1. The molecule has 0 saturated carbocycles. The van der Waals surface area contributed by atoms with Crippen LogP contribution in [0.2, 0.25) is 0 Å². The summed E-state index contributed by atoms with van der Waals surface area (Å²) in [5, 5.41) is 0. The lowest BCUT2D eigenvalue weighted by Gasteiger charge is -2.59. The van der Waals surface area contributed by atoms with Crippen molar-refractivity contribution in [3.63, 3.8) is 0 Å². The number of amides is 1. The molecule has 0 bridgehead atoms. The van der Waals surface area contributed by atoms with Gasteiger partial charge in [0.05, 0.1) is 5.60 Å². The zero-order chi connectivity index (χ0) is 21.9. The minimum absolute atomic E-state index is 0.0745. The van der Waals surface area contributed by atoms with Gasteiger partial charge in [-0.3, -0.25) is 14.5 Å². The highest BCUT2D eigenvalue weighted by Crippen LogP contribution is 2.55. The predicted octanol–water partition coefficient (Wildman–Crippen LogP) is 5.73. The fraction of sp³-hybridized carbons (Fsp3) is 0.440. The number of nitrogens with zero attached hydrogens (tertiary/aromatic N) is 1. The molecule has 0 unspecified atom stereocenters. The first-order valence-corrected chi connectivity index (χ1v) is 11.1. The number of rotatable bonds is 2. The van der Waals surface area contributed by atoms with Crippen LogP contribution >= 0.6 is 15.9 Å². The van der Waals surface area contributed by atoms with Gasteiger partial charge in [0.25, 0.3) is 5.91 Å². The van der Waals surface area contributed by atoms with Crippen LogP contribution < -0.4 is 4.90 Å². The zero-order valence-electron chi connectivity index (χ0n) is 18.2. The van der Waals surface area contributed by atoms with Gasteiger partial charge in [-0.15, -0.1) is 0 Å². The topological polar surface area (TPSA) is 46.6 Å². The van der Waals surface area contributed by atoms with E-state index < -0.39 is 11.2 Å². The molecule has 5 heteroatoms. The average molecular weight is 470 g/mol. The van der Waals surface area contributed by atoms with Crippen molar-refractivity contribution in [3.05, 3.63) is 64.1 Å². The van der Waals surface area contributed by atoms with Crippen LogP contribution in [0.5, 0.6) is 0 Å². The minimum Gasteiger partial charge on any atom is -0.356 e. The van der Waals surface area contributed by atoms with E-state index >= 15 is 0 Å². The summed E-state index contributed by atoms with van der Waals surface area (Å²) < 4.78 is 7.40. The first kappa shape index (κ1) is 21.3. The molecule has 2 fully saturated rings. The van der Waals surface area contributed by atoms with Crippen molar-refractivity contribution in [1.29, 1.82) is 0 Å². The van der Waals surface area contributed by atoms with Gasteiger partial charge in [0.15, 0.2) is 5.60 Å². The van der Waals surface area contributed by atoms with E-state index in [4.69, 9.17) is 4.74 Å². The molecule has 1 spiro atoms. The van der Waals surface area contributed by atoms with E-state index in [9.17, 15) is 9.59 Å². The first-order chi connectivity index (χ1) is 13.9. The molecule has 0 N–H and O–H groups in total. The van der Waals surface area contributed by atoms with E-state index in [1.54, 1.807) is 0 Å². The number of ether oxygens (including phenoxy) is 1. The second kappa shape index (κ2) is 7.03. The number of anilines is 1. The number of hydrogen-bond acceptors (Lipinski definition) is 3. The van der Waals surface area contributed by atoms with Gasteiger partial charge >= 0.3 is 0 Å². The molecule has 2 aromatic rings. The lowest BCUT2D eigenvalue weighted by atomic mass is 9.70. The molecule has 4 nitrogen and oxygen atoms in total. The monoisotopic (exact) mass is 469 g/mol. The second-order valence-electron chi connectivity index (χ2n) is 10.0. The van der Waals surface area contributed by atoms with Crippen molar-refractivity contribution in [2.45, 2.75) is 70.1 Å². The van der Waals surface area contributed by atoms with Crippen LogP contribution in [0.1, 0.15) is 64.6 Å². The standard InChI is InChI=1S/C25H28BrNO3/c1-23(2,3)19-8-6-7-9-20(19)27-21(16-10-12-17(26)13-11-16)25(22(27)29)15-18(28)14-24(4,5)30-25/h6-13,21H,14-15H2,1-5H3/t21-,25+/m1/s1. The summed E-state index contributed by atoms with van der Waals surface area (Å²) in [7, 11) is 0. The predicted molar refractivity (Wildman–Crippen MR) is 122 cm³/mol. The van der Waals surface area contributed by atoms with E-state index in [1.165, 1.54) is 0 Å². The van der Waals surface area contributed by atoms with Gasteiger partial charge in [0, 0.05) is 23.0 Å². The number of carbonyl (C=O) groups is 2. The summed E-state index contributed by atoms with van der Waals surface area (Å²) >= 11 is 3.49. The Morgan fingerprint density at radius 1 is 1.00 bits per heavy atom. The molecule has 2 aliphatic rings. The lowest BCUT2D eigenvalue weighted by Crippen LogP contribution is -2.74. The van der Waals surface area contributed by atoms with E-state index in [1.807, 2.05) is 61.2 Å². The number of hydrogen-bond donors (Lipinski definition) is 0. The van der Waals surface area contributed by atoms with Gasteiger partial charge in [0.1, 0.15) is 11.8 Å². The van der Waals surface area contributed by atoms with Crippen molar-refractivity contribution in [2.24, 2.45) is 0 Å². The highest BCUT2D eigenvalue weighted by atomic mass is 79.9. The Morgan fingerprint density at radius 3 is 2.23 bits per heavy atom. The van der Waals surface area contributed by atoms with Gasteiger partial charge in [-0.1, -0.05) is 67.0 Å². The Balaban J connectivity index is 1.88. The summed E-state index contributed by atoms with van der Waals surface area (Å²) in [5.41, 5.74) is 0.981. The summed E-state index contributed by atoms with van der Waals surface area (Å²) in [6, 6.07) is 15.6. The third-order valence-corrected chi connectivity index (χ3v) is 6.51. The smallest absolute Gasteiger partial charge is 0.262 e. The maximum absolute atomic E-state index is 13.7. The van der Waals surface area contributed by atoms with Gasteiger partial charge in [-0.05, 0) is 48.6 Å². The molecule has 30 heavy (non-hydrogen) atoms. The van der Waals surface area contributed by atoms with Crippen LogP contribution in [0, 0.1) is 0 Å². The largest absolute Gasteiger partial charge is 0.356 e. The van der Waals surface area contributed by atoms with E-state index in [2.05, 4.69) is 42.8 Å². The minimum atomic E-state index is -1.16. The summed E-state index contributed by atoms with van der Waals surface area (Å²) in [6.07, 6.45) is 0.442.